The van der Waals surface area contributed by atoms with Gasteiger partial charge >= 0.3 is 6.18 Å². The Bertz CT molecular complexity index is 1970. The lowest BCUT2D eigenvalue weighted by molar-refractivity contribution is -0.136. The number of ether oxygens (including phenoxy) is 1. The average molecular weight is 601 g/mol. The van der Waals surface area contributed by atoms with Crippen LogP contribution in [0.25, 0.3) is 39.4 Å². The minimum atomic E-state index is -4.72. The largest absolute Gasteiger partial charge is 0.419 e. The summed E-state index contributed by atoms with van der Waals surface area (Å²) in [5.41, 5.74) is 1.80. The van der Waals surface area contributed by atoms with E-state index < -0.39 is 22.9 Å². The summed E-state index contributed by atoms with van der Waals surface area (Å²) in [6, 6.07) is 12.1. The molecule has 5 aromatic rings. The molecule has 1 fully saturated rings. The molecule has 4 aromatic heterocycles. The van der Waals surface area contributed by atoms with Crippen molar-refractivity contribution in [3.05, 3.63) is 87.9 Å². The number of hydrogen-bond donors (Lipinski definition) is 1. The van der Waals surface area contributed by atoms with Crippen molar-refractivity contribution in [2.45, 2.75) is 31.5 Å². The first kappa shape index (κ1) is 29.2. The van der Waals surface area contributed by atoms with Gasteiger partial charge in [0.15, 0.2) is 11.5 Å². The molecule has 1 N–H and O–H groups in total. The molecule has 4 heterocycles. The molecule has 1 aliphatic rings. The van der Waals surface area contributed by atoms with Gasteiger partial charge in [0.1, 0.15) is 6.33 Å². The van der Waals surface area contributed by atoms with Gasteiger partial charge in [-0.1, -0.05) is 6.07 Å². The fraction of sp³-hybridized carbons (Fsp3) is 0.290. The van der Waals surface area contributed by atoms with Gasteiger partial charge in [0.2, 0.25) is 0 Å². The van der Waals surface area contributed by atoms with Gasteiger partial charge in [-0.05, 0) is 59.9 Å². The number of aryl methyl sites for hydroxylation is 1. The number of benzene rings is 1. The number of methoxy groups -OCH3 is 1. The lowest BCUT2D eigenvalue weighted by atomic mass is 9.95. The van der Waals surface area contributed by atoms with Gasteiger partial charge < -0.3 is 14.6 Å². The highest BCUT2D eigenvalue weighted by atomic mass is 19.4. The molecule has 1 aromatic carbocycles. The molecule has 0 radical (unpaired) electrons. The Kier molecular flexibility index (Phi) is 7.71. The fourth-order valence-corrected chi connectivity index (χ4v) is 5.14. The van der Waals surface area contributed by atoms with E-state index >= 15 is 0 Å². The molecule has 44 heavy (non-hydrogen) atoms. The summed E-state index contributed by atoms with van der Waals surface area (Å²) >= 11 is 0. The third-order valence-corrected chi connectivity index (χ3v) is 7.51. The number of nitrogens with zero attached hydrogens (tertiary/aromatic N) is 7. The standard InChI is InChI=1S/C31H27F3N8O2/c1-41-17-38-40-28(41)23-9-18(13-35)3-6-22(23)21-11-26(20-4-5-20)39-27(12-21)24-15-37-29-25(31(32,33)34)10-19(14-36-7-8-44-2)16-42(29)30(24)43/h3,6,9-12,15-17,20,36H,4-5,7-8,14H2,1-2H3. The van der Waals surface area contributed by atoms with E-state index in [1.165, 1.54) is 13.3 Å². The van der Waals surface area contributed by atoms with E-state index in [1.54, 1.807) is 36.1 Å². The van der Waals surface area contributed by atoms with Gasteiger partial charge in [0.25, 0.3) is 5.56 Å². The molecule has 13 heteroatoms. The van der Waals surface area contributed by atoms with Gasteiger partial charge in [-0.3, -0.25) is 14.2 Å². The van der Waals surface area contributed by atoms with Crippen molar-refractivity contribution in [2.24, 2.45) is 7.05 Å². The average Bonchev–Trinajstić information content (AvgIpc) is 3.78. The Morgan fingerprint density at radius 2 is 1.95 bits per heavy atom. The van der Waals surface area contributed by atoms with E-state index in [0.29, 0.717) is 35.8 Å². The summed E-state index contributed by atoms with van der Waals surface area (Å²) in [5, 5.41) is 20.8. The monoisotopic (exact) mass is 600 g/mol. The van der Waals surface area contributed by atoms with Crippen LogP contribution in [0.2, 0.25) is 0 Å². The van der Waals surface area contributed by atoms with Gasteiger partial charge in [-0.2, -0.15) is 18.4 Å². The maximum Gasteiger partial charge on any atom is 0.419 e. The third-order valence-electron chi connectivity index (χ3n) is 7.51. The second-order valence-corrected chi connectivity index (χ2v) is 10.7. The van der Waals surface area contributed by atoms with Gasteiger partial charge in [0, 0.05) is 56.8 Å². The Balaban J connectivity index is 1.52. The van der Waals surface area contributed by atoms with Crippen molar-refractivity contribution in [3.63, 3.8) is 0 Å². The summed E-state index contributed by atoms with van der Waals surface area (Å²) < 4.78 is 49.9. The molecule has 0 amide bonds. The van der Waals surface area contributed by atoms with Crippen LogP contribution in [0.4, 0.5) is 13.2 Å². The molecule has 1 aliphatic carbocycles. The molecule has 6 rings (SSSR count). The van der Waals surface area contributed by atoms with E-state index in [4.69, 9.17) is 9.72 Å². The molecule has 0 spiro atoms. The molecule has 224 valence electrons. The van der Waals surface area contributed by atoms with Crippen molar-refractivity contribution < 1.29 is 17.9 Å². The molecular formula is C31H27F3N8O2. The van der Waals surface area contributed by atoms with E-state index in [0.717, 1.165) is 46.3 Å². The van der Waals surface area contributed by atoms with E-state index in [-0.39, 0.29) is 23.6 Å². The van der Waals surface area contributed by atoms with Crippen LogP contribution in [0.5, 0.6) is 0 Å². The number of alkyl halides is 3. The third kappa shape index (κ3) is 5.69. The van der Waals surface area contributed by atoms with Gasteiger partial charge in [0.05, 0.1) is 35.1 Å². The van der Waals surface area contributed by atoms with Crippen molar-refractivity contribution in [1.29, 1.82) is 5.26 Å². The summed E-state index contributed by atoms with van der Waals surface area (Å²) in [6.45, 7) is 0.909. The highest BCUT2D eigenvalue weighted by Crippen LogP contribution is 2.42. The quantitative estimate of drug-likeness (QED) is 0.241. The zero-order valence-electron chi connectivity index (χ0n) is 23.9. The van der Waals surface area contributed by atoms with Crippen LogP contribution >= 0.6 is 0 Å². The molecule has 0 bridgehead atoms. The number of aromatic nitrogens is 6. The van der Waals surface area contributed by atoms with Crippen molar-refractivity contribution in [2.75, 3.05) is 20.3 Å². The van der Waals surface area contributed by atoms with Crippen LogP contribution < -0.4 is 10.9 Å². The van der Waals surface area contributed by atoms with Crippen molar-refractivity contribution in [1.82, 2.24) is 34.4 Å². The molecule has 1 saturated carbocycles. The summed E-state index contributed by atoms with van der Waals surface area (Å²) in [6.07, 6.45) is 1.24. The van der Waals surface area contributed by atoms with E-state index in [2.05, 4.69) is 26.6 Å². The number of hydrogen-bond acceptors (Lipinski definition) is 8. The molecule has 0 unspecified atom stereocenters. The molecule has 0 saturated heterocycles. The zero-order chi connectivity index (χ0) is 31.0. The predicted octanol–water partition coefficient (Wildman–Crippen LogP) is 4.72. The lowest BCUT2D eigenvalue weighted by Gasteiger charge is -2.15. The molecule has 0 aliphatic heterocycles. The zero-order valence-corrected chi connectivity index (χ0v) is 23.9. The van der Waals surface area contributed by atoms with Crippen LogP contribution in [0.15, 0.2) is 59.9 Å². The molecular weight excluding hydrogens is 573 g/mol. The Labute approximate surface area is 249 Å². The van der Waals surface area contributed by atoms with E-state index in [1.807, 2.05) is 12.1 Å². The maximum atomic E-state index is 14.1. The SMILES string of the molecule is COCCNCc1cc(C(F)(F)F)c2ncc(-c3cc(-c4ccc(C#N)cc4-c4nncn4C)cc(C4CC4)n3)c(=O)n2c1. The van der Waals surface area contributed by atoms with Crippen LogP contribution in [0.3, 0.4) is 0 Å². The first-order valence-corrected chi connectivity index (χ1v) is 13.9. The Hall–Kier alpha value is -4.93. The molecule has 0 atom stereocenters. The summed E-state index contributed by atoms with van der Waals surface area (Å²) in [5.74, 6) is 0.741. The van der Waals surface area contributed by atoms with Gasteiger partial charge in [-0.25, -0.2) is 4.98 Å². The Morgan fingerprint density at radius 3 is 2.64 bits per heavy atom. The lowest BCUT2D eigenvalue weighted by Crippen LogP contribution is -2.24. The second kappa shape index (κ2) is 11.6. The number of halogens is 3. The first-order valence-electron chi connectivity index (χ1n) is 13.9. The normalized spacial score (nSPS) is 13.4. The van der Waals surface area contributed by atoms with Crippen LogP contribution in [0.1, 0.15) is 41.1 Å². The number of fused-ring (bicyclic) bond motifs is 1. The maximum absolute atomic E-state index is 14.1. The Morgan fingerprint density at radius 1 is 1.14 bits per heavy atom. The number of nitrogens with one attached hydrogen (secondary N) is 1. The summed E-state index contributed by atoms with van der Waals surface area (Å²) in [7, 11) is 3.33. The highest BCUT2D eigenvalue weighted by molar-refractivity contribution is 5.83. The first-order chi connectivity index (χ1) is 21.2. The fourth-order valence-electron chi connectivity index (χ4n) is 5.14. The van der Waals surface area contributed by atoms with E-state index in [9.17, 15) is 23.2 Å². The van der Waals surface area contributed by atoms with Gasteiger partial charge in [-0.15, -0.1) is 10.2 Å². The number of pyridine rings is 2. The minimum Gasteiger partial charge on any atom is -0.383 e. The summed E-state index contributed by atoms with van der Waals surface area (Å²) in [4.78, 5) is 22.8. The minimum absolute atomic E-state index is 0.0673. The highest BCUT2D eigenvalue weighted by Gasteiger charge is 2.35. The molecule has 10 nitrogen and oxygen atoms in total. The van der Waals surface area contributed by atoms with Crippen LogP contribution in [0, 0.1) is 11.3 Å². The van der Waals surface area contributed by atoms with Crippen LogP contribution in [-0.4, -0.2) is 49.4 Å². The number of rotatable bonds is 9. The van der Waals surface area contributed by atoms with Crippen LogP contribution in [-0.2, 0) is 24.5 Å². The second-order valence-electron chi connectivity index (χ2n) is 10.7. The topological polar surface area (TPSA) is 123 Å². The number of nitriles is 1. The predicted molar refractivity (Wildman–Crippen MR) is 155 cm³/mol. The smallest absolute Gasteiger partial charge is 0.383 e. The van der Waals surface area contributed by atoms with Crippen molar-refractivity contribution in [3.8, 4) is 39.8 Å². The van der Waals surface area contributed by atoms with Crippen molar-refractivity contribution >= 4 is 5.65 Å².